The van der Waals surface area contributed by atoms with Crippen LogP contribution in [-0.2, 0) is 0 Å². The van der Waals surface area contributed by atoms with Gasteiger partial charge in [0.1, 0.15) is 5.58 Å². The molecule has 4 heteroatoms. The quantitative estimate of drug-likeness (QED) is 0.198. The maximum absolute atomic E-state index is 6.82. The van der Waals surface area contributed by atoms with Gasteiger partial charge in [0.15, 0.2) is 11.4 Å². The molecule has 0 radical (unpaired) electrons. The second-order valence-electron chi connectivity index (χ2n) is 12.4. The zero-order valence-corrected chi connectivity index (χ0v) is 26.1. The second-order valence-corrected chi connectivity index (χ2v) is 12.4. The Hall–Kier alpha value is -6.26. The highest BCUT2D eigenvalue weighted by Gasteiger charge is 2.21. The molecular weight excluding hydrogens is 587 g/mol. The molecule has 48 heavy (non-hydrogen) atoms. The first kappa shape index (κ1) is 26.9. The van der Waals surface area contributed by atoms with E-state index in [0.29, 0.717) is 5.82 Å². The summed E-state index contributed by atoms with van der Waals surface area (Å²) in [5.41, 5.74) is 11.3. The first-order chi connectivity index (χ1) is 23.8. The molecule has 10 rings (SSSR count). The third kappa shape index (κ3) is 4.09. The van der Waals surface area contributed by atoms with Gasteiger partial charge in [0.2, 0.25) is 0 Å². The predicted octanol–water partition coefficient (Wildman–Crippen LogP) is 11.7. The number of hydrogen-bond donors (Lipinski definition) is 0. The SMILES string of the molecule is C1=CC(c2ccc3c4ccccc4n(-c4cccc5c4oc4cccc(-c6nc(-c7ccccc7)c7ccccc7n6)c45)c3c2)=CCC1. The number of hydrogen-bond acceptors (Lipinski definition) is 3. The van der Waals surface area contributed by atoms with Gasteiger partial charge in [-0.15, -0.1) is 0 Å². The summed E-state index contributed by atoms with van der Waals surface area (Å²) in [6, 6.07) is 46.8. The van der Waals surface area contributed by atoms with E-state index < -0.39 is 0 Å². The minimum Gasteiger partial charge on any atom is -0.454 e. The van der Waals surface area contributed by atoms with Gasteiger partial charge in [-0.1, -0.05) is 121 Å². The first-order valence-electron chi connectivity index (χ1n) is 16.5. The van der Waals surface area contributed by atoms with Crippen molar-refractivity contribution in [1.82, 2.24) is 14.5 Å². The number of aromatic nitrogens is 3. The van der Waals surface area contributed by atoms with Crippen molar-refractivity contribution < 1.29 is 4.42 Å². The average Bonchev–Trinajstić information content (AvgIpc) is 3.71. The fourth-order valence-corrected chi connectivity index (χ4v) is 7.45. The lowest BCUT2D eigenvalue weighted by molar-refractivity contribution is 0.666. The minimum atomic E-state index is 0.682. The van der Waals surface area contributed by atoms with Gasteiger partial charge in [0.25, 0.3) is 0 Å². The van der Waals surface area contributed by atoms with Crippen LogP contribution in [0.25, 0.3) is 88.6 Å². The molecule has 3 aromatic heterocycles. The number of nitrogens with zero attached hydrogens (tertiary/aromatic N) is 3. The van der Waals surface area contributed by atoms with Crippen molar-refractivity contribution >= 4 is 60.2 Å². The lowest BCUT2D eigenvalue weighted by atomic mass is 9.98. The fourth-order valence-electron chi connectivity index (χ4n) is 7.45. The van der Waals surface area contributed by atoms with E-state index in [0.717, 1.165) is 79.2 Å². The van der Waals surface area contributed by atoms with Crippen molar-refractivity contribution in [3.05, 3.63) is 157 Å². The zero-order chi connectivity index (χ0) is 31.6. The van der Waals surface area contributed by atoms with Crippen molar-refractivity contribution in [1.29, 1.82) is 0 Å². The Morgan fingerprint density at radius 1 is 0.583 bits per heavy atom. The molecule has 0 spiro atoms. The molecule has 1 aliphatic carbocycles. The van der Waals surface area contributed by atoms with E-state index in [1.807, 2.05) is 30.3 Å². The van der Waals surface area contributed by atoms with Gasteiger partial charge in [0.05, 0.1) is 27.9 Å². The zero-order valence-electron chi connectivity index (χ0n) is 26.1. The summed E-state index contributed by atoms with van der Waals surface area (Å²) in [5.74, 6) is 0.682. The van der Waals surface area contributed by atoms with E-state index in [9.17, 15) is 0 Å². The normalized spacial score (nSPS) is 13.3. The maximum atomic E-state index is 6.82. The minimum absolute atomic E-state index is 0.682. The summed E-state index contributed by atoms with van der Waals surface area (Å²) in [4.78, 5) is 10.3. The van der Waals surface area contributed by atoms with Gasteiger partial charge in [-0.3, -0.25) is 0 Å². The highest BCUT2D eigenvalue weighted by atomic mass is 16.3. The lowest BCUT2D eigenvalue weighted by Gasteiger charge is -2.11. The Morgan fingerprint density at radius 2 is 1.38 bits per heavy atom. The number of benzene rings is 6. The molecule has 0 saturated carbocycles. The number of furan rings is 1. The van der Waals surface area contributed by atoms with Crippen molar-refractivity contribution in [2.24, 2.45) is 0 Å². The van der Waals surface area contributed by atoms with Crippen LogP contribution in [0.15, 0.2) is 156 Å². The van der Waals surface area contributed by atoms with Gasteiger partial charge in [-0.25, -0.2) is 9.97 Å². The second kappa shape index (κ2) is 10.6. The van der Waals surface area contributed by atoms with Gasteiger partial charge in [0, 0.05) is 38.1 Å². The molecule has 0 atom stereocenters. The van der Waals surface area contributed by atoms with Gasteiger partial charge in [-0.2, -0.15) is 0 Å². The van der Waals surface area contributed by atoms with Crippen LogP contribution in [0.3, 0.4) is 0 Å². The molecule has 0 unspecified atom stereocenters. The summed E-state index contributed by atoms with van der Waals surface area (Å²) < 4.78 is 9.18. The highest BCUT2D eigenvalue weighted by molar-refractivity contribution is 6.16. The van der Waals surface area contributed by atoms with E-state index in [1.54, 1.807) is 0 Å². The van der Waals surface area contributed by atoms with Crippen LogP contribution < -0.4 is 0 Å². The Bertz CT molecular complexity index is 2780. The number of rotatable bonds is 4. The van der Waals surface area contributed by atoms with E-state index in [-0.39, 0.29) is 0 Å². The molecule has 1 aliphatic rings. The van der Waals surface area contributed by atoms with Crippen molar-refractivity contribution in [3.63, 3.8) is 0 Å². The van der Waals surface area contributed by atoms with Gasteiger partial charge in [-0.05, 0) is 54.3 Å². The van der Waals surface area contributed by atoms with Crippen molar-refractivity contribution in [2.75, 3.05) is 0 Å². The summed E-state index contributed by atoms with van der Waals surface area (Å²) in [5, 5.41) is 5.53. The molecule has 0 N–H and O–H groups in total. The molecule has 3 heterocycles. The first-order valence-corrected chi connectivity index (χ1v) is 16.5. The monoisotopic (exact) mass is 615 g/mol. The number of fused-ring (bicyclic) bond motifs is 7. The Labute approximate surface area is 276 Å². The summed E-state index contributed by atoms with van der Waals surface area (Å²) in [6.45, 7) is 0. The molecule has 0 amide bonds. The molecule has 0 fully saturated rings. The van der Waals surface area contributed by atoms with E-state index in [4.69, 9.17) is 14.4 Å². The summed E-state index contributed by atoms with van der Waals surface area (Å²) in [7, 11) is 0. The van der Waals surface area contributed by atoms with E-state index >= 15 is 0 Å². The Kier molecular flexibility index (Phi) is 5.97. The fraction of sp³-hybridized carbons (Fsp3) is 0.0455. The Morgan fingerprint density at radius 3 is 2.27 bits per heavy atom. The third-order valence-electron chi connectivity index (χ3n) is 9.64. The molecular formula is C44H29N3O. The van der Waals surface area contributed by atoms with Crippen LogP contribution in [0, 0.1) is 0 Å². The lowest BCUT2D eigenvalue weighted by Crippen LogP contribution is -1.96. The molecule has 0 bridgehead atoms. The maximum Gasteiger partial charge on any atom is 0.161 e. The molecule has 9 aromatic rings. The number of allylic oxidation sites excluding steroid dienone is 4. The van der Waals surface area contributed by atoms with E-state index in [2.05, 4.69) is 126 Å². The third-order valence-corrected chi connectivity index (χ3v) is 9.64. The topological polar surface area (TPSA) is 43.9 Å². The largest absolute Gasteiger partial charge is 0.454 e. The van der Waals surface area contributed by atoms with Crippen LogP contribution >= 0.6 is 0 Å². The van der Waals surface area contributed by atoms with Crippen molar-refractivity contribution in [2.45, 2.75) is 12.8 Å². The van der Waals surface area contributed by atoms with Crippen molar-refractivity contribution in [3.8, 4) is 28.3 Å². The summed E-state index contributed by atoms with van der Waals surface area (Å²) in [6.07, 6.45) is 9.02. The van der Waals surface area contributed by atoms with E-state index in [1.165, 1.54) is 21.9 Å². The van der Waals surface area contributed by atoms with Crippen LogP contribution in [0.2, 0.25) is 0 Å². The molecule has 4 nitrogen and oxygen atoms in total. The van der Waals surface area contributed by atoms with Crippen LogP contribution in [0.4, 0.5) is 0 Å². The molecule has 0 aliphatic heterocycles. The predicted molar refractivity (Wildman–Crippen MR) is 198 cm³/mol. The van der Waals surface area contributed by atoms with Crippen LogP contribution in [0.5, 0.6) is 0 Å². The standard InChI is InChI=1S/C44H29N3O/c1-3-13-28(14-4-1)30-25-26-32-31-17-8-10-22-37(31)47(39(32)27-30)38-23-11-19-34-41-35(20-12-24-40(41)48-43(34)38)44-45-36-21-9-7-18-33(36)42(46-44)29-15-5-2-6-16-29/h2-3,5-27H,1,4H2. The molecule has 6 aromatic carbocycles. The molecule has 0 saturated heterocycles. The Balaban J connectivity index is 1.24. The average molecular weight is 616 g/mol. The van der Waals surface area contributed by atoms with Gasteiger partial charge >= 0.3 is 0 Å². The van der Waals surface area contributed by atoms with Gasteiger partial charge < -0.3 is 8.98 Å². The van der Waals surface area contributed by atoms with Crippen LogP contribution in [0.1, 0.15) is 18.4 Å². The smallest absolute Gasteiger partial charge is 0.161 e. The van der Waals surface area contributed by atoms with Crippen LogP contribution in [-0.4, -0.2) is 14.5 Å². The summed E-state index contributed by atoms with van der Waals surface area (Å²) >= 11 is 0. The number of para-hydroxylation sites is 3. The highest BCUT2D eigenvalue weighted by Crippen LogP contribution is 2.42. The molecule has 226 valence electrons.